The van der Waals surface area contributed by atoms with Gasteiger partial charge in [0.2, 0.25) is 0 Å². The van der Waals surface area contributed by atoms with E-state index in [1.165, 1.54) is 23.0 Å². The molecule has 1 aromatic carbocycles. The van der Waals surface area contributed by atoms with Crippen molar-refractivity contribution < 1.29 is 4.39 Å². The van der Waals surface area contributed by atoms with Gasteiger partial charge in [-0.15, -0.1) is 0 Å². The van der Waals surface area contributed by atoms with Gasteiger partial charge in [-0.2, -0.15) is 5.10 Å². The highest BCUT2D eigenvalue weighted by Crippen LogP contribution is 2.16. The second-order valence-electron chi connectivity index (χ2n) is 2.93. The number of rotatable bonds is 0. The highest BCUT2D eigenvalue weighted by molar-refractivity contribution is 5.90. The van der Waals surface area contributed by atoms with Crippen molar-refractivity contribution in [3.05, 3.63) is 36.7 Å². The molecule has 3 aromatic rings. The van der Waals surface area contributed by atoms with Gasteiger partial charge < -0.3 is 0 Å². The molecule has 0 saturated carbocycles. The van der Waals surface area contributed by atoms with E-state index in [0.717, 1.165) is 0 Å². The van der Waals surface area contributed by atoms with E-state index in [-0.39, 0.29) is 5.82 Å². The Morgan fingerprint density at radius 1 is 1.21 bits per heavy atom. The Labute approximate surface area is 78.0 Å². The molecule has 0 fully saturated rings. The largest absolute Gasteiger partial charge is 0.236 e. The summed E-state index contributed by atoms with van der Waals surface area (Å²) in [5.74, 6) is -0.296. The predicted molar refractivity (Wildman–Crippen MR) is 48.2 cm³/mol. The standard InChI is InChI=1S/C9H5FN4/c10-6-1-2-8-7(3-6)9-11-4-13-14(9)5-12-8/h1-5H. The molecule has 5 heteroatoms. The first-order chi connectivity index (χ1) is 6.84. The van der Waals surface area contributed by atoms with E-state index < -0.39 is 0 Å². The molecule has 0 amide bonds. The summed E-state index contributed by atoms with van der Waals surface area (Å²) in [7, 11) is 0. The van der Waals surface area contributed by atoms with Crippen LogP contribution in [0.25, 0.3) is 16.6 Å². The number of nitrogens with zero attached hydrogens (tertiary/aromatic N) is 4. The van der Waals surface area contributed by atoms with Gasteiger partial charge in [0, 0.05) is 5.39 Å². The second-order valence-corrected chi connectivity index (χ2v) is 2.93. The zero-order chi connectivity index (χ0) is 9.54. The van der Waals surface area contributed by atoms with Crippen molar-refractivity contribution >= 4 is 16.6 Å². The summed E-state index contributed by atoms with van der Waals surface area (Å²) in [6.07, 6.45) is 2.98. The Balaban J connectivity index is 2.60. The van der Waals surface area contributed by atoms with Crippen molar-refractivity contribution in [3.63, 3.8) is 0 Å². The van der Waals surface area contributed by atoms with Crippen LogP contribution in [0.4, 0.5) is 4.39 Å². The first-order valence-electron chi connectivity index (χ1n) is 4.08. The molecule has 0 saturated heterocycles. The Hall–Kier alpha value is -2.04. The lowest BCUT2D eigenvalue weighted by Crippen LogP contribution is -1.91. The number of hydrogen-bond acceptors (Lipinski definition) is 3. The highest BCUT2D eigenvalue weighted by Gasteiger charge is 2.03. The number of hydrogen-bond donors (Lipinski definition) is 0. The molecule has 2 aromatic heterocycles. The Kier molecular flexibility index (Phi) is 1.30. The molecule has 0 aliphatic rings. The maximum absolute atomic E-state index is 13.0. The fourth-order valence-electron chi connectivity index (χ4n) is 1.44. The number of fused-ring (bicyclic) bond motifs is 3. The summed E-state index contributed by atoms with van der Waals surface area (Å²) in [4.78, 5) is 8.15. The van der Waals surface area contributed by atoms with E-state index >= 15 is 0 Å². The fourth-order valence-corrected chi connectivity index (χ4v) is 1.44. The van der Waals surface area contributed by atoms with Crippen molar-refractivity contribution in [2.45, 2.75) is 0 Å². The van der Waals surface area contributed by atoms with Gasteiger partial charge in [0.15, 0.2) is 5.65 Å². The zero-order valence-electron chi connectivity index (χ0n) is 7.05. The SMILES string of the molecule is Fc1ccc2ncn3ncnc3c2c1. The van der Waals surface area contributed by atoms with Gasteiger partial charge in [-0.25, -0.2) is 18.9 Å². The third-order valence-corrected chi connectivity index (χ3v) is 2.08. The van der Waals surface area contributed by atoms with Crippen LogP contribution in [0.3, 0.4) is 0 Å². The van der Waals surface area contributed by atoms with Gasteiger partial charge in [0.25, 0.3) is 0 Å². The summed E-state index contributed by atoms with van der Waals surface area (Å²) < 4.78 is 14.5. The first kappa shape index (κ1) is 7.37. The molecule has 0 radical (unpaired) electrons. The van der Waals surface area contributed by atoms with E-state index in [0.29, 0.717) is 16.6 Å². The van der Waals surface area contributed by atoms with E-state index in [9.17, 15) is 4.39 Å². The molecule has 0 spiro atoms. The van der Waals surface area contributed by atoms with Crippen LogP contribution >= 0.6 is 0 Å². The molecule has 0 unspecified atom stereocenters. The Morgan fingerprint density at radius 3 is 3.07 bits per heavy atom. The summed E-state index contributed by atoms with van der Waals surface area (Å²) in [6.45, 7) is 0. The molecular formula is C9H5FN4. The summed E-state index contributed by atoms with van der Waals surface area (Å²) in [5.41, 5.74) is 1.33. The molecule has 0 aliphatic carbocycles. The van der Waals surface area contributed by atoms with Crippen molar-refractivity contribution in [3.8, 4) is 0 Å². The average molecular weight is 188 g/mol. The average Bonchev–Trinajstić information content (AvgIpc) is 2.65. The molecule has 0 atom stereocenters. The quantitative estimate of drug-likeness (QED) is 0.535. The van der Waals surface area contributed by atoms with Gasteiger partial charge in [0.05, 0.1) is 5.52 Å². The van der Waals surface area contributed by atoms with Crippen molar-refractivity contribution in [2.24, 2.45) is 0 Å². The molecule has 0 aliphatic heterocycles. The minimum Gasteiger partial charge on any atom is -0.236 e. The molecule has 3 rings (SSSR count). The van der Waals surface area contributed by atoms with Gasteiger partial charge >= 0.3 is 0 Å². The van der Waals surface area contributed by atoms with Crippen LogP contribution in [-0.2, 0) is 0 Å². The summed E-state index contributed by atoms with van der Waals surface area (Å²) in [5, 5.41) is 4.59. The smallest absolute Gasteiger partial charge is 0.166 e. The van der Waals surface area contributed by atoms with Gasteiger partial charge in [0.1, 0.15) is 18.5 Å². The zero-order valence-corrected chi connectivity index (χ0v) is 7.05. The highest BCUT2D eigenvalue weighted by atomic mass is 19.1. The topological polar surface area (TPSA) is 43.1 Å². The molecule has 0 N–H and O–H groups in total. The van der Waals surface area contributed by atoms with Crippen LogP contribution in [0.2, 0.25) is 0 Å². The molecule has 4 nitrogen and oxygen atoms in total. The first-order valence-corrected chi connectivity index (χ1v) is 4.08. The number of aromatic nitrogens is 4. The van der Waals surface area contributed by atoms with E-state index in [1.54, 1.807) is 12.4 Å². The van der Waals surface area contributed by atoms with Crippen LogP contribution in [0.15, 0.2) is 30.9 Å². The normalized spacial score (nSPS) is 11.2. The Bertz CT molecular complexity index is 616. The van der Waals surface area contributed by atoms with E-state index in [1.807, 2.05) is 0 Å². The lowest BCUT2D eigenvalue weighted by molar-refractivity contribution is 0.629. The predicted octanol–water partition coefficient (Wildman–Crippen LogP) is 1.42. The van der Waals surface area contributed by atoms with Crippen molar-refractivity contribution in [1.29, 1.82) is 0 Å². The fraction of sp³-hybridized carbons (Fsp3) is 0. The van der Waals surface area contributed by atoms with Crippen LogP contribution in [0.5, 0.6) is 0 Å². The van der Waals surface area contributed by atoms with Crippen molar-refractivity contribution in [1.82, 2.24) is 19.6 Å². The van der Waals surface area contributed by atoms with Crippen molar-refractivity contribution in [2.75, 3.05) is 0 Å². The van der Waals surface area contributed by atoms with Crippen LogP contribution < -0.4 is 0 Å². The Morgan fingerprint density at radius 2 is 2.14 bits per heavy atom. The van der Waals surface area contributed by atoms with E-state index in [2.05, 4.69) is 15.1 Å². The summed E-state index contributed by atoms with van der Waals surface area (Å²) >= 11 is 0. The molecule has 68 valence electrons. The van der Waals surface area contributed by atoms with Gasteiger partial charge in [-0.3, -0.25) is 0 Å². The van der Waals surface area contributed by atoms with Crippen LogP contribution in [-0.4, -0.2) is 19.6 Å². The van der Waals surface area contributed by atoms with E-state index in [4.69, 9.17) is 0 Å². The maximum Gasteiger partial charge on any atom is 0.166 e. The monoisotopic (exact) mass is 188 g/mol. The van der Waals surface area contributed by atoms with Gasteiger partial charge in [-0.1, -0.05) is 0 Å². The lowest BCUT2D eigenvalue weighted by Gasteiger charge is -1.97. The molecular weight excluding hydrogens is 183 g/mol. The minimum absolute atomic E-state index is 0.296. The summed E-state index contributed by atoms with van der Waals surface area (Å²) in [6, 6.07) is 4.41. The third kappa shape index (κ3) is 0.891. The molecule has 0 bridgehead atoms. The maximum atomic E-state index is 13.0. The lowest BCUT2D eigenvalue weighted by atomic mass is 10.2. The van der Waals surface area contributed by atoms with Gasteiger partial charge in [-0.05, 0) is 18.2 Å². The van der Waals surface area contributed by atoms with Crippen LogP contribution in [0, 0.1) is 5.82 Å². The third-order valence-electron chi connectivity index (χ3n) is 2.08. The number of halogens is 1. The van der Waals surface area contributed by atoms with Crippen LogP contribution in [0.1, 0.15) is 0 Å². The number of benzene rings is 1. The second kappa shape index (κ2) is 2.47. The molecule has 2 heterocycles. The minimum atomic E-state index is -0.296. The molecule has 14 heavy (non-hydrogen) atoms.